The largest absolute Gasteiger partial charge is 0.0610 e. The molecule has 0 unspecified atom stereocenters. The van der Waals surface area contributed by atoms with Gasteiger partial charge in [-0.3, -0.25) is 0 Å². The highest BCUT2D eigenvalue weighted by molar-refractivity contribution is 9.13. The van der Waals surface area contributed by atoms with Gasteiger partial charge in [0.2, 0.25) is 0 Å². The average molecular weight is 286 g/mol. The van der Waals surface area contributed by atoms with Gasteiger partial charge in [-0.25, -0.2) is 0 Å². The van der Waals surface area contributed by atoms with Crippen LogP contribution in [0.15, 0.2) is 45.3 Å². The monoisotopic (exact) mass is 284 g/mol. The van der Waals surface area contributed by atoms with E-state index in [1.54, 1.807) is 0 Å². The van der Waals surface area contributed by atoms with Gasteiger partial charge in [0, 0.05) is 8.95 Å². The lowest BCUT2D eigenvalue weighted by atomic mass is 10.2. The van der Waals surface area contributed by atoms with Crippen molar-refractivity contribution in [2.45, 2.75) is 0 Å². The molecule has 0 radical (unpaired) electrons. The molecule has 2 aliphatic rings. The van der Waals surface area contributed by atoms with E-state index in [1.165, 1.54) is 11.1 Å². The van der Waals surface area contributed by atoms with Gasteiger partial charge in [-0.1, -0.05) is 24.3 Å². The fourth-order valence-electron chi connectivity index (χ4n) is 1.18. The molecule has 0 atom stereocenters. The Morgan fingerprint density at radius 3 is 2.33 bits per heavy atom. The van der Waals surface area contributed by atoms with Crippen molar-refractivity contribution in [2.24, 2.45) is 0 Å². The van der Waals surface area contributed by atoms with Gasteiger partial charge in [-0.05, 0) is 55.1 Å². The SMILES string of the molecule is Brc1ccc2cccc-2cc1Br. The summed E-state index contributed by atoms with van der Waals surface area (Å²) in [6.45, 7) is 0. The Morgan fingerprint density at radius 1 is 0.750 bits per heavy atom. The van der Waals surface area contributed by atoms with Gasteiger partial charge < -0.3 is 0 Å². The van der Waals surface area contributed by atoms with Crippen molar-refractivity contribution in [1.29, 1.82) is 0 Å². The first-order chi connectivity index (χ1) is 5.77. The van der Waals surface area contributed by atoms with Gasteiger partial charge in [-0.2, -0.15) is 0 Å². The van der Waals surface area contributed by atoms with Crippen LogP contribution >= 0.6 is 31.9 Å². The zero-order valence-electron chi connectivity index (χ0n) is 6.22. The van der Waals surface area contributed by atoms with E-state index < -0.39 is 0 Å². The minimum atomic E-state index is 1.08. The van der Waals surface area contributed by atoms with Gasteiger partial charge in [0.15, 0.2) is 0 Å². The second kappa shape index (κ2) is 3.19. The predicted molar refractivity (Wildman–Crippen MR) is 58.5 cm³/mol. The minimum absolute atomic E-state index is 1.08. The van der Waals surface area contributed by atoms with Gasteiger partial charge in [0.25, 0.3) is 0 Å². The van der Waals surface area contributed by atoms with E-state index in [0.717, 1.165) is 8.95 Å². The maximum Gasteiger partial charge on any atom is 0.0323 e. The van der Waals surface area contributed by atoms with Crippen LogP contribution in [0.3, 0.4) is 0 Å². The Morgan fingerprint density at radius 2 is 1.50 bits per heavy atom. The van der Waals surface area contributed by atoms with E-state index in [0.29, 0.717) is 0 Å². The molecule has 0 saturated heterocycles. The first kappa shape index (κ1) is 8.27. The molecule has 0 amide bonds. The molecule has 0 aromatic carbocycles. The smallest absolute Gasteiger partial charge is 0.0323 e. The van der Waals surface area contributed by atoms with Crippen LogP contribution in [0.5, 0.6) is 0 Å². The van der Waals surface area contributed by atoms with Crippen LogP contribution in [-0.2, 0) is 0 Å². The summed E-state index contributed by atoms with van der Waals surface area (Å²) in [5, 5.41) is 0. The Hall–Kier alpha value is -0.340. The van der Waals surface area contributed by atoms with Gasteiger partial charge >= 0.3 is 0 Å². The molecule has 2 heteroatoms. The molecule has 0 aromatic rings. The van der Waals surface area contributed by atoms with Crippen molar-refractivity contribution < 1.29 is 0 Å². The predicted octanol–water partition coefficient (Wildman–Crippen LogP) is 4.32. The third-order valence-electron chi connectivity index (χ3n) is 1.80. The van der Waals surface area contributed by atoms with Gasteiger partial charge in [0.05, 0.1) is 0 Å². The van der Waals surface area contributed by atoms with E-state index in [1.807, 2.05) is 6.07 Å². The van der Waals surface area contributed by atoms with Crippen molar-refractivity contribution in [3.05, 3.63) is 45.3 Å². The van der Waals surface area contributed by atoms with Crippen molar-refractivity contribution in [1.82, 2.24) is 0 Å². The molecule has 2 aliphatic carbocycles. The second-order valence-corrected chi connectivity index (χ2v) is 4.32. The number of halogens is 2. The van der Waals surface area contributed by atoms with Crippen LogP contribution in [0.4, 0.5) is 0 Å². The Labute approximate surface area is 88.2 Å². The maximum absolute atomic E-state index is 3.48. The Kier molecular flexibility index (Phi) is 2.20. The summed E-state index contributed by atoms with van der Waals surface area (Å²) in [5.41, 5.74) is 2.52. The number of hydrogen-bond donors (Lipinski definition) is 0. The molecule has 60 valence electrons. The Balaban J connectivity index is 2.75. The lowest BCUT2D eigenvalue weighted by molar-refractivity contribution is 1.69. The Bertz CT molecular complexity index is 382. The molecule has 0 saturated carbocycles. The van der Waals surface area contributed by atoms with Crippen molar-refractivity contribution >= 4 is 31.9 Å². The summed E-state index contributed by atoms with van der Waals surface area (Å²) < 4.78 is 2.17. The van der Waals surface area contributed by atoms with E-state index in [-0.39, 0.29) is 0 Å². The van der Waals surface area contributed by atoms with Crippen molar-refractivity contribution in [3.8, 4) is 11.1 Å². The first-order valence-electron chi connectivity index (χ1n) is 3.61. The third kappa shape index (κ3) is 1.41. The fourth-order valence-corrected chi connectivity index (χ4v) is 1.80. The van der Waals surface area contributed by atoms with E-state index in [4.69, 9.17) is 0 Å². The second-order valence-electron chi connectivity index (χ2n) is 2.61. The van der Waals surface area contributed by atoms with E-state index in [2.05, 4.69) is 62.2 Å². The summed E-state index contributed by atoms with van der Waals surface area (Å²) in [6, 6.07) is 12.5. The van der Waals surface area contributed by atoms with Crippen molar-refractivity contribution in [3.63, 3.8) is 0 Å². The molecular weight excluding hydrogens is 280 g/mol. The van der Waals surface area contributed by atoms with E-state index >= 15 is 0 Å². The van der Waals surface area contributed by atoms with Crippen LogP contribution in [0, 0.1) is 0 Å². The molecule has 0 nitrogen and oxygen atoms in total. The third-order valence-corrected chi connectivity index (χ3v) is 3.68. The quantitative estimate of drug-likeness (QED) is 0.676. The standard InChI is InChI=1S/C10H6Br2/c11-9-5-4-7-2-1-3-8(7)6-10(9)12/h1-6H. The van der Waals surface area contributed by atoms with Crippen LogP contribution in [0.25, 0.3) is 11.1 Å². The number of fused-ring (bicyclic) bond motifs is 1. The average Bonchev–Trinajstić information content (AvgIpc) is 2.43. The highest BCUT2D eigenvalue weighted by Gasteiger charge is 2.01. The lowest BCUT2D eigenvalue weighted by Gasteiger charge is -1.88. The molecule has 0 aliphatic heterocycles. The fraction of sp³-hybridized carbons (Fsp3) is 0. The first-order valence-corrected chi connectivity index (χ1v) is 5.20. The molecule has 12 heavy (non-hydrogen) atoms. The molecule has 0 heterocycles. The van der Waals surface area contributed by atoms with Gasteiger partial charge in [0.1, 0.15) is 0 Å². The summed E-state index contributed by atoms with van der Waals surface area (Å²) in [7, 11) is 0. The van der Waals surface area contributed by atoms with E-state index in [9.17, 15) is 0 Å². The van der Waals surface area contributed by atoms with Crippen LogP contribution in [0.1, 0.15) is 0 Å². The summed E-state index contributed by atoms with van der Waals surface area (Å²) in [4.78, 5) is 0. The lowest BCUT2D eigenvalue weighted by Crippen LogP contribution is -1.61. The molecule has 0 bridgehead atoms. The highest BCUT2D eigenvalue weighted by Crippen LogP contribution is 2.29. The molecule has 0 N–H and O–H groups in total. The van der Waals surface area contributed by atoms with Crippen LogP contribution in [-0.4, -0.2) is 0 Å². The summed E-state index contributed by atoms with van der Waals surface area (Å²) in [6.07, 6.45) is 0. The number of rotatable bonds is 0. The topological polar surface area (TPSA) is 0 Å². The molecule has 0 aromatic heterocycles. The molecule has 0 fully saturated rings. The maximum atomic E-state index is 3.48. The molecule has 2 rings (SSSR count). The molecular formula is C10H6Br2. The minimum Gasteiger partial charge on any atom is -0.0610 e. The van der Waals surface area contributed by atoms with Crippen LogP contribution < -0.4 is 0 Å². The van der Waals surface area contributed by atoms with Gasteiger partial charge in [-0.15, -0.1) is 0 Å². The summed E-state index contributed by atoms with van der Waals surface area (Å²) in [5.74, 6) is 0. The molecule has 0 spiro atoms. The highest BCUT2D eigenvalue weighted by atomic mass is 79.9. The zero-order valence-corrected chi connectivity index (χ0v) is 9.39. The summed E-state index contributed by atoms with van der Waals surface area (Å²) >= 11 is 6.95. The van der Waals surface area contributed by atoms with Crippen LogP contribution in [0.2, 0.25) is 0 Å². The normalized spacial score (nSPS) is 10.5. The number of hydrogen-bond acceptors (Lipinski definition) is 0. The van der Waals surface area contributed by atoms with Crippen molar-refractivity contribution in [2.75, 3.05) is 0 Å². The zero-order chi connectivity index (χ0) is 8.55.